The van der Waals surface area contributed by atoms with E-state index in [-0.39, 0.29) is 18.0 Å². The van der Waals surface area contributed by atoms with Crippen LogP contribution in [0.4, 0.5) is 0 Å². The Morgan fingerprint density at radius 1 is 1.09 bits per heavy atom. The molecule has 22 heavy (non-hydrogen) atoms. The van der Waals surface area contributed by atoms with Crippen LogP contribution in [0, 0.1) is 0 Å². The lowest BCUT2D eigenvalue weighted by molar-refractivity contribution is 0.0990. The van der Waals surface area contributed by atoms with Gasteiger partial charge >= 0.3 is 0 Å². The van der Waals surface area contributed by atoms with Crippen molar-refractivity contribution in [2.24, 2.45) is 0 Å². The number of phenols is 1. The van der Waals surface area contributed by atoms with E-state index in [1.165, 1.54) is 6.07 Å². The van der Waals surface area contributed by atoms with Gasteiger partial charge in [-0.15, -0.1) is 0 Å². The van der Waals surface area contributed by atoms with Crippen molar-refractivity contribution in [1.82, 2.24) is 0 Å². The Balaban J connectivity index is 1.98. The molecule has 0 atom stereocenters. The summed E-state index contributed by atoms with van der Waals surface area (Å²) in [6.07, 6.45) is 3.54. The zero-order valence-electron chi connectivity index (χ0n) is 12.9. The van der Waals surface area contributed by atoms with Gasteiger partial charge in [-0.1, -0.05) is 50.1 Å². The smallest absolute Gasteiger partial charge is 0.170 e. The molecule has 0 saturated carbocycles. The Hall–Kier alpha value is -2.29. The second kappa shape index (κ2) is 8.23. The maximum Gasteiger partial charge on any atom is 0.170 e. The first-order chi connectivity index (χ1) is 10.7. The molecule has 0 amide bonds. The highest BCUT2D eigenvalue weighted by Gasteiger charge is 2.12. The van der Waals surface area contributed by atoms with E-state index in [4.69, 9.17) is 4.74 Å². The first kappa shape index (κ1) is 16.1. The predicted molar refractivity (Wildman–Crippen MR) is 87.6 cm³/mol. The topological polar surface area (TPSA) is 46.5 Å². The Morgan fingerprint density at radius 3 is 2.55 bits per heavy atom. The fraction of sp³-hybridized carbons (Fsp3) is 0.316. The minimum Gasteiger partial charge on any atom is -0.507 e. The third-order valence-electron chi connectivity index (χ3n) is 3.49. The number of ether oxygens (including phenoxy) is 1. The third kappa shape index (κ3) is 4.62. The van der Waals surface area contributed by atoms with Crippen LogP contribution in [0.2, 0.25) is 0 Å². The summed E-state index contributed by atoms with van der Waals surface area (Å²) in [4.78, 5) is 12.2. The molecule has 1 N–H and O–H groups in total. The van der Waals surface area contributed by atoms with Crippen LogP contribution in [0.1, 0.15) is 42.1 Å². The molecule has 2 aromatic rings. The molecule has 0 aliphatic rings. The van der Waals surface area contributed by atoms with Crippen LogP contribution < -0.4 is 4.74 Å². The van der Waals surface area contributed by atoms with Gasteiger partial charge < -0.3 is 9.84 Å². The van der Waals surface area contributed by atoms with Gasteiger partial charge in [0.15, 0.2) is 5.78 Å². The number of hydrogen-bond acceptors (Lipinski definition) is 3. The van der Waals surface area contributed by atoms with E-state index in [1.807, 2.05) is 30.3 Å². The fourth-order valence-electron chi connectivity index (χ4n) is 2.26. The average Bonchev–Trinajstić information content (AvgIpc) is 2.52. The van der Waals surface area contributed by atoms with Gasteiger partial charge in [-0.2, -0.15) is 0 Å². The van der Waals surface area contributed by atoms with Crippen LogP contribution in [-0.4, -0.2) is 17.5 Å². The van der Waals surface area contributed by atoms with Gasteiger partial charge in [0, 0.05) is 12.5 Å². The van der Waals surface area contributed by atoms with Gasteiger partial charge in [0.25, 0.3) is 0 Å². The molecule has 3 heteroatoms. The number of carbonyl (C=O) groups excluding carboxylic acids is 1. The van der Waals surface area contributed by atoms with E-state index in [9.17, 15) is 9.90 Å². The average molecular weight is 298 g/mol. The summed E-state index contributed by atoms with van der Waals surface area (Å²) < 4.78 is 5.57. The predicted octanol–water partition coefficient (Wildman–Crippen LogP) is 4.39. The summed E-state index contributed by atoms with van der Waals surface area (Å²) in [5.74, 6) is 0.486. The van der Waals surface area contributed by atoms with Crippen molar-refractivity contribution in [3.63, 3.8) is 0 Å². The Morgan fingerprint density at radius 2 is 1.86 bits per heavy atom. The second-order valence-electron chi connectivity index (χ2n) is 5.32. The van der Waals surface area contributed by atoms with Gasteiger partial charge in [-0.25, -0.2) is 0 Å². The van der Waals surface area contributed by atoms with Gasteiger partial charge in [-0.05, 0) is 24.1 Å². The Bertz CT molecular complexity index is 605. The van der Waals surface area contributed by atoms with Crippen molar-refractivity contribution < 1.29 is 14.6 Å². The fourth-order valence-corrected chi connectivity index (χ4v) is 2.26. The normalized spacial score (nSPS) is 10.4. The lowest BCUT2D eigenvalue weighted by atomic mass is 10.0. The lowest BCUT2D eigenvalue weighted by Gasteiger charge is -2.09. The van der Waals surface area contributed by atoms with Crippen LogP contribution in [0.15, 0.2) is 48.5 Å². The van der Waals surface area contributed by atoms with Gasteiger partial charge in [0.2, 0.25) is 0 Å². The van der Waals surface area contributed by atoms with Crippen LogP contribution in [0.5, 0.6) is 11.5 Å². The molecular weight excluding hydrogens is 276 g/mol. The molecule has 0 fully saturated rings. The van der Waals surface area contributed by atoms with Crippen LogP contribution in [0.3, 0.4) is 0 Å². The zero-order valence-corrected chi connectivity index (χ0v) is 12.9. The van der Waals surface area contributed by atoms with Crippen molar-refractivity contribution in [2.45, 2.75) is 32.6 Å². The van der Waals surface area contributed by atoms with E-state index in [1.54, 1.807) is 12.1 Å². The number of phenolic OH excluding ortho intramolecular Hbond substituents is 1. The van der Waals surface area contributed by atoms with Gasteiger partial charge in [-0.3, -0.25) is 4.79 Å². The molecule has 0 spiro atoms. The number of carbonyl (C=O) groups is 1. The SMILES string of the molecule is CCCCCOc1ccc(C(=O)Cc2ccccc2)c(O)c1. The first-order valence-corrected chi connectivity index (χ1v) is 7.73. The van der Waals surface area contributed by atoms with E-state index in [2.05, 4.69) is 6.92 Å². The zero-order chi connectivity index (χ0) is 15.8. The molecule has 0 radical (unpaired) electrons. The molecule has 0 bridgehead atoms. The van der Waals surface area contributed by atoms with Gasteiger partial charge in [0.1, 0.15) is 11.5 Å². The summed E-state index contributed by atoms with van der Waals surface area (Å²) in [6.45, 7) is 2.77. The number of ketones is 1. The summed E-state index contributed by atoms with van der Waals surface area (Å²) in [5.41, 5.74) is 1.27. The van der Waals surface area contributed by atoms with Gasteiger partial charge in [0.05, 0.1) is 12.2 Å². The van der Waals surface area contributed by atoms with Crippen molar-refractivity contribution >= 4 is 5.78 Å². The number of rotatable bonds is 8. The molecule has 0 saturated heterocycles. The highest BCUT2D eigenvalue weighted by molar-refractivity contribution is 6.00. The third-order valence-corrected chi connectivity index (χ3v) is 3.49. The first-order valence-electron chi connectivity index (χ1n) is 7.73. The lowest BCUT2D eigenvalue weighted by Crippen LogP contribution is -2.04. The van der Waals surface area contributed by atoms with E-state index in [0.717, 1.165) is 24.8 Å². The summed E-state index contributed by atoms with van der Waals surface area (Å²) in [6, 6.07) is 14.4. The van der Waals surface area contributed by atoms with Crippen LogP contribution in [-0.2, 0) is 6.42 Å². The Labute approximate surface area is 131 Å². The number of aromatic hydroxyl groups is 1. The molecule has 116 valence electrons. The quantitative estimate of drug-likeness (QED) is 0.581. The van der Waals surface area contributed by atoms with Crippen LogP contribution >= 0.6 is 0 Å². The molecule has 0 aromatic heterocycles. The van der Waals surface area contributed by atoms with E-state index >= 15 is 0 Å². The standard InChI is InChI=1S/C19H22O3/c1-2-3-7-12-22-16-10-11-17(19(21)14-16)18(20)13-15-8-5-4-6-9-15/h4-6,8-11,14,21H,2-3,7,12-13H2,1H3. The number of hydrogen-bond donors (Lipinski definition) is 1. The van der Waals surface area contributed by atoms with Crippen molar-refractivity contribution in [2.75, 3.05) is 6.61 Å². The van der Waals surface area contributed by atoms with Crippen molar-refractivity contribution in [3.8, 4) is 11.5 Å². The van der Waals surface area contributed by atoms with E-state index in [0.29, 0.717) is 17.9 Å². The minimum atomic E-state index is -0.0961. The second-order valence-corrected chi connectivity index (χ2v) is 5.32. The maximum absolute atomic E-state index is 12.2. The number of benzene rings is 2. The molecule has 0 aliphatic carbocycles. The number of Topliss-reactive ketones (excluding diaryl/α,β-unsaturated/α-hetero) is 1. The minimum absolute atomic E-state index is 0.0195. The van der Waals surface area contributed by atoms with E-state index < -0.39 is 0 Å². The largest absolute Gasteiger partial charge is 0.507 e. The highest BCUT2D eigenvalue weighted by atomic mass is 16.5. The van der Waals surface area contributed by atoms with Crippen molar-refractivity contribution in [3.05, 3.63) is 59.7 Å². The van der Waals surface area contributed by atoms with Crippen molar-refractivity contribution in [1.29, 1.82) is 0 Å². The molecular formula is C19H22O3. The Kier molecular flexibility index (Phi) is 6.01. The monoisotopic (exact) mass is 298 g/mol. The summed E-state index contributed by atoms with van der Waals surface area (Å²) in [5, 5.41) is 10.0. The molecule has 2 rings (SSSR count). The van der Waals surface area contributed by atoms with Crippen LogP contribution in [0.25, 0.3) is 0 Å². The summed E-state index contributed by atoms with van der Waals surface area (Å²) in [7, 11) is 0. The highest BCUT2D eigenvalue weighted by Crippen LogP contribution is 2.25. The molecule has 2 aromatic carbocycles. The summed E-state index contributed by atoms with van der Waals surface area (Å²) >= 11 is 0. The molecule has 0 unspecified atom stereocenters. The molecule has 3 nitrogen and oxygen atoms in total. The molecule has 0 aliphatic heterocycles. The number of unbranched alkanes of at least 4 members (excludes halogenated alkanes) is 2. The molecule has 0 heterocycles. The maximum atomic E-state index is 12.2.